The van der Waals surface area contributed by atoms with Gasteiger partial charge in [0.05, 0.1) is 21.6 Å². The van der Waals surface area contributed by atoms with Gasteiger partial charge in [-0.2, -0.15) is 0 Å². The number of benzene rings is 2. The molecule has 0 spiro atoms. The summed E-state index contributed by atoms with van der Waals surface area (Å²) in [6, 6.07) is 22.8. The fraction of sp³-hybridized carbons (Fsp3) is 0. The molecule has 4 aromatic rings. The summed E-state index contributed by atoms with van der Waals surface area (Å²) in [5, 5.41) is 0. The normalized spacial score (nSPS) is 14.5. The van der Waals surface area contributed by atoms with Crippen LogP contribution in [0.4, 0.5) is 11.6 Å². The van der Waals surface area contributed by atoms with Crippen molar-refractivity contribution >= 4 is 43.5 Å². The van der Waals surface area contributed by atoms with Gasteiger partial charge < -0.3 is 30.5 Å². The summed E-state index contributed by atoms with van der Waals surface area (Å²) < 4.78 is 50.3. The Kier molecular flexibility index (Phi) is 10.8. The van der Waals surface area contributed by atoms with Gasteiger partial charge in [0, 0.05) is 23.5 Å². The van der Waals surface area contributed by atoms with E-state index >= 15 is 0 Å². The van der Waals surface area contributed by atoms with Gasteiger partial charge in [0.1, 0.15) is 31.7 Å². The molecule has 6 rings (SSSR count). The topological polar surface area (TPSA) is 208 Å². The van der Waals surface area contributed by atoms with Gasteiger partial charge in [0.25, 0.3) is 0 Å². The van der Waals surface area contributed by atoms with E-state index in [2.05, 4.69) is 19.4 Å². The van der Waals surface area contributed by atoms with E-state index in [4.69, 9.17) is 11.5 Å². The Morgan fingerprint density at radius 3 is 1.13 bits per heavy atom. The molecule has 39 heavy (non-hydrogen) atoms. The van der Waals surface area contributed by atoms with Crippen molar-refractivity contribution in [2.24, 2.45) is 0 Å². The minimum absolute atomic E-state index is 0. The zero-order chi connectivity index (χ0) is 27.8. The fourth-order valence-electron chi connectivity index (χ4n) is 2.90. The van der Waals surface area contributed by atoms with E-state index in [0.29, 0.717) is 11.6 Å². The number of amides is 2. The zero-order valence-corrected chi connectivity index (χ0v) is 23.0. The summed E-state index contributed by atoms with van der Waals surface area (Å²) in [5.41, 5.74) is 10.8. The number of anilines is 2. The molecular weight excluding hydrogens is 639 g/mol. The van der Waals surface area contributed by atoms with Crippen molar-refractivity contribution in [1.29, 1.82) is 0 Å². The third-order valence-corrected chi connectivity index (χ3v) is 7.21. The van der Waals surface area contributed by atoms with E-state index < -0.39 is 31.9 Å². The fourth-order valence-corrected chi connectivity index (χ4v) is 5.10. The summed E-state index contributed by atoms with van der Waals surface area (Å²) in [5.74, 6) is -0.207. The standard InChI is InChI=1S/2C7H5NO3S.2C5H6N2.Pd/c2*9-7-5-3-1-2-4-6(5)12(10,11)8-7;2*6-5-3-1-2-4-7-5;/h2*1-4H,(H,8,9);2*1-4H,(H2,6,7);/q;;;;+2/p-2. The number of sulfonamides is 2. The Hall–Kier alpha value is -4.16. The van der Waals surface area contributed by atoms with E-state index in [0.717, 1.165) is 0 Å². The van der Waals surface area contributed by atoms with Crippen molar-refractivity contribution in [3.63, 3.8) is 0 Å². The number of nitrogens with zero attached hydrogens (tertiary/aromatic N) is 4. The van der Waals surface area contributed by atoms with Crippen molar-refractivity contribution in [3.8, 4) is 0 Å². The molecule has 4 N–H and O–H groups in total. The molecule has 2 aliphatic rings. The molecule has 2 aliphatic heterocycles. The first-order chi connectivity index (χ1) is 18.0. The van der Waals surface area contributed by atoms with Crippen molar-refractivity contribution < 1.29 is 46.8 Å². The van der Waals surface area contributed by atoms with Crippen molar-refractivity contribution in [2.75, 3.05) is 11.5 Å². The number of hydrogen-bond acceptors (Lipinski definition) is 10. The second kappa shape index (κ2) is 13.6. The Morgan fingerprint density at radius 1 is 0.538 bits per heavy atom. The molecule has 0 aliphatic carbocycles. The van der Waals surface area contributed by atoms with Crippen LogP contribution in [0, 0.1) is 0 Å². The molecule has 204 valence electrons. The van der Waals surface area contributed by atoms with Crippen molar-refractivity contribution in [3.05, 3.63) is 118 Å². The monoisotopic (exact) mass is 658 g/mol. The van der Waals surface area contributed by atoms with Crippen LogP contribution in [0.5, 0.6) is 0 Å². The third-order valence-electron chi connectivity index (χ3n) is 4.57. The zero-order valence-electron chi connectivity index (χ0n) is 19.8. The summed E-state index contributed by atoms with van der Waals surface area (Å²) in [6.45, 7) is 0. The first-order valence-corrected chi connectivity index (χ1v) is 13.4. The first kappa shape index (κ1) is 31.1. The van der Waals surface area contributed by atoms with Gasteiger partial charge in [0.15, 0.2) is 0 Å². The van der Waals surface area contributed by atoms with Crippen molar-refractivity contribution in [1.82, 2.24) is 9.97 Å². The quantitative estimate of drug-likeness (QED) is 0.264. The molecular formula is C24H20N6O6PdS2. The van der Waals surface area contributed by atoms with Gasteiger partial charge in [-0.1, -0.05) is 48.5 Å². The minimum Gasteiger partial charge on any atom is -0.537 e. The van der Waals surface area contributed by atoms with E-state index in [-0.39, 0.29) is 41.3 Å². The van der Waals surface area contributed by atoms with Crippen LogP contribution in [0.1, 0.15) is 20.7 Å². The Balaban J connectivity index is 0.000000187. The molecule has 0 saturated heterocycles. The number of rotatable bonds is 0. The molecule has 0 atom stereocenters. The second-order valence-electron chi connectivity index (χ2n) is 7.24. The maximum atomic E-state index is 11.1. The van der Waals surface area contributed by atoms with Crippen LogP contribution in [0.25, 0.3) is 9.44 Å². The molecule has 12 nitrogen and oxygen atoms in total. The Bertz CT molecular complexity index is 1530. The number of nitrogen functional groups attached to an aromatic ring is 2. The molecule has 0 fully saturated rings. The van der Waals surface area contributed by atoms with Crippen LogP contribution in [-0.4, -0.2) is 38.6 Å². The van der Waals surface area contributed by atoms with Crippen LogP contribution in [0.15, 0.2) is 107 Å². The summed E-state index contributed by atoms with van der Waals surface area (Å²) in [6.07, 6.45) is 3.32. The van der Waals surface area contributed by atoms with Gasteiger partial charge >= 0.3 is 20.4 Å². The number of aromatic nitrogens is 2. The molecule has 0 saturated carbocycles. The third kappa shape index (κ3) is 8.42. The van der Waals surface area contributed by atoms with Crippen LogP contribution in [0.2, 0.25) is 0 Å². The molecule has 2 aromatic heterocycles. The summed E-state index contributed by atoms with van der Waals surface area (Å²) in [7, 11) is -7.36. The van der Waals surface area contributed by atoms with E-state index in [9.17, 15) is 26.4 Å². The minimum atomic E-state index is -3.68. The summed E-state index contributed by atoms with van der Waals surface area (Å²) >= 11 is 0. The largest absolute Gasteiger partial charge is 2.00 e. The van der Waals surface area contributed by atoms with Gasteiger partial charge in [-0.15, -0.1) is 0 Å². The number of fused-ring (bicyclic) bond motifs is 2. The number of nitrogens with two attached hydrogens (primary N) is 2. The average Bonchev–Trinajstić information content (AvgIpc) is 3.28. The van der Waals surface area contributed by atoms with Gasteiger partial charge in [-0.25, -0.2) is 26.8 Å². The Labute approximate surface area is 238 Å². The first-order valence-electron chi connectivity index (χ1n) is 10.6. The Morgan fingerprint density at radius 2 is 0.872 bits per heavy atom. The number of carbonyl (C=O) groups is 2. The SMILES string of the molecule is Nc1ccccn1.Nc1ccccn1.O=C1[N-]S(=O)(=O)c2ccccc21.O=C1[N-]S(=O)(=O)c2ccccc21.[Pd+2]. The smallest absolute Gasteiger partial charge is 0.537 e. The molecule has 2 aromatic carbocycles. The maximum absolute atomic E-state index is 11.1. The van der Waals surface area contributed by atoms with Gasteiger partial charge in [0.2, 0.25) is 0 Å². The average molecular weight is 659 g/mol. The second-order valence-corrected chi connectivity index (χ2v) is 10.4. The molecule has 0 unspecified atom stereocenters. The van der Waals surface area contributed by atoms with Crippen LogP contribution in [0.3, 0.4) is 0 Å². The van der Waals surface area contributed by atoms with Gasteiger partial charge in [-0.3, -0.25) is 0 Å². The molecule has 0 bridgehead atoms. The van der Waals surface area contributed by atoms with Crippen LogP contribution < -0.4 is 11.5 Å². The molecule has 15 heteroatoms. The summed E-state index contributed by atoms with van der Waals surface area (Å²) in [4.78, 5) is 29.4. The maximum Gasteiger partial charge on any atom is 2.00 e. The van der Waals surface area contributed by atoms with Crippen molar-refractivity contribution in [2.45, 2.75) is 9.79 Å². The predicted octanol–water partition coefficient (Wildman–Crippen LogP) is 3.13. The van der Waals surface area contributed by atoms with E-state index in [1.54, 1.807) is 48.8 Å². The number of pyridine rings is 2. The van der Waals surface area contributed by atoms with Crippen LogP contribution in [-0.2, 0) is 40.5 Å². The van der Waals surface area contributed by atoms with E-state index in [1.165, 1.54) is 24.3 Å². The molecule has 2 amide bonds. The van der Waals surface area contributed by atoms with E-state index in [1.807, 2.05) is 24.3 Å². The molecule has 4 heterocycles. The molecule has 0 radical (unpaired) electrons. The van der Waals surface area contributed by atoms with Crippen LogP contribution >= 0.6 is 0 Å². The number of hydrogen-bond donors (Lipinski definition) is 2. The number of carbonyl (C=O) groups excluding carboxylic acids is 2. The van der Waals surface area contributed by atoms with Gasteiger partial charge in [-0.05, 0) is 36.4 Å². The predicted molar refractivity (Wildman–Crippen MR) is 140 cm³/mol.